The third-order valence-corrected chi connectivity index (χ3v) is 6.87. The van der Waals surface area contributed by atoms with Gasteiger partial charge in [-0.05, 0) is 55.5 Å². The molecule has 166 valence electrons. The zero-order chi connectivity index (χ0) is 22.7. The Balaban J connectivity index is 1.56. The SMILES string of the molecule is CCOc1c(Cl)cc(C(=O)Nc2sc3c(c2C(=O)NCc2cccnc2)CCC3)cc1Cl. The maximum atomic E-state index is 13.1. The van der Waals surface area contributed by atoms with Gasteiger partial charge in [-0.1, -0.05) is 29.3 Å². The van der Waals surface area contributed by atoms with Crippen molar-refractivity contribution < 1.29 is 14.3 Å². The number of thiophene rings is 1. The van der Waals surface area contributed by atoms with Gasteiger partial charge in [0.05, 0.1) is 22.2 Å². The minimum atomic E-state index is -0.391. The number of fused-ring (bicyclic) bond motifs is 1. The van der Waals surface area contributed by atoms with Gasteiger partial charge in [0.25, 0.3) is 11.8 Å². The molecule has 0 radical (unpaired) electrons. The van der Waals surface area contributed by atoms with Gasteiger partial charge in [0, 0.05) is 29.4 Å². The molecule has 3 aromatic rings. The lowest BCUT2D eigenvalue weighted by atomic mass is 10.1. The average molecular weight is 490 g/mol. The van der Waals surface area contributed by atoms with Crippen LogP contribution < -0.4 is 15.4 Å². The number of halogens is 2. The Labute approximate surface area is 199 Å². The Hall–Kier alpha value is -2.61. The molecule has 4 rings (SSSR count). The Bertz CT molecular complexity index is 1140. The molecule has 6 nitrogen and oxygen atoms in total. The summed E-state index contributed by atoms with van der Waals surface area (Å²) in [4.78, 5) is 31.2. The highest BCUT2D eigenvalue weighted by Gasteiger charge is 2.28. The number of nitrogens with one attached hydrogen (secondary N) is 2. The number of carbonyl (C=O) groups is 2. The number of aromatic nitrogens is 1. The lowest BCUT2D eigenvalue weighted by molar-refractivity contribution is 0.0951. The highest BCUT2D eigenvalue weighted by atomic mass is 35.5. The molecule has 0 unspecified atom stereocenters. The van der Waals surface area contributed by atoms with E-state index >= 15 is 0 Å². The standard InChI is InChI=1S/C23H21Cl2N3O3S/c1-2-31-20-16(24)9-14(10-17(20)25)21(29)28-23-19(15-6-3-7-18(15)32-23)22(30)27-12-13-5-4-8-26-11-13/h4-5,8-11H,2-3,6-7,12H2,1H3,(H,27,30)(H,28,29). The van der Waals surface area contributed by atoms with Gasteiger partial charge in [-0.3, -0.25) is 14.6 Å². The molecule has 0 spiro atoms. The Morgan fingerprint density at radius 3 is 2.66 bits per heavy atom. The minimum absolute atomic E-state index is 0.216. The normalized spacial score (nSPS) is 12.3. The van der Waals surface area contributed by atoms with E-state index in [1.165, 1.54) is 23.5 Å². The number of aryl methyl sites for hydroxylation is 1. The monoisotopic (exact) mass is 489 g/mol. The van der Waals surface area contributed by atoms with Gasteiger partial charge in [0.1, 0.15) is 5.00 Å². The number of hydrogen-bond acceptors (Lipinski definition) is 5. The van der Waals surface area contributed by atoms with Crippen LogP contribution in [-0.4, -0.2) is 23.4 Å². The Morgan fingerprint density at radius 2 is 1.97 bits per heavy atom. The molecule has 2 aromatic heterocycles. The fraction of sp³-hybridized carbons (Fsp3) is 0.261. The molecule has 1 aromatic carbocycles. The molecule has 0 saturated heterocycles. The molecule has 2 heterocycles. The van der Waals surface area contributed by atoms with Crippen molar-refractivity contribution in [1.29, 1.82) is 0 Å². The van der Waals surface area contributed by atoms with E-state index in [4.69, 9.17) is 27.9 Å². The molecule has 0 saturated carbocycles. The van der Waals surface area contributed by atoms with Crippen LogP contribution in [0.2, 0.25) is 10.0 Å². The first-order valence-corrected chi connectivity index (χ1v) is 11.8. The number of carbonyl (C=O) groups excluding carboxylic acids is 2. The second-order valence-corrected chi connectivity index (χ2v) is 9.18. The first-order valence-electron chi connectivity index (χ1n) is 10.2. The van der Waals surface area contributed by atoms with Gasteiger partial charge < -0.3 is 15.4 Å². The summed E-state index contributed by atoms with van der Waals surface area (Å²) in [6.45, 7) is 2.59. The van der Waals surface area contributed by atoms with Crippen LogP contribution in [0.4, 0.5) is 5.00 Å². The molecule has 2 amide bonds. The topological polar surface area (TPSA) is 80.3 Å². The van der Waals surface area contributed by atoms with Crippen LogP contribution in [0.5, 0.6) is 5.75 Å². The molecule has 2 N–H and O–H groups in total. The maximum absolute atomic E-state index is 13.1. The van der Waals surface area contributed by atoms with Crippen LogP contribution in [0.3, 0.4) is 0 Å². The van der Waals surface area contributed by atoms with Gasteiger partial charge in [0.2, 0.25) is 0 Å². The number of nitrogens with zero attached hydrogens (tertiary/aromatic N) is 1. The largest absolute Gasteiger partial charge is 0.491 e. The predicted octanol–water partition coefficient (Wildman–Crippen LogP) is 5.52. The molecule has 1 aliphatic carbocycles. The summed E-state index contributed by atoms with van der Waals surface area (Å²) >= 11 is 13.9. The third-order valence-electron chi connectivity index (χ3n) is 5.10. The van der Waals surface area contributed by atoms with Gasteiger partial charge >= 0.3 is 0 Å². The molecule has 32 heavy (non-hydrogen) atoms. The highest BCUT2D eigenvalue weighted by molar-refractivity contribution is 7.17. The van der Waals surface area contributed by atoms with E-state index in [2.05, 4.69) is 15.6 Å². The van der Waals surface area contributed by atoms with E-state index in [1.54, 1.807) is 12.4 Å². The van der Waals surface area contributed by atoms with E-state index in [9.17, 15) is 9.59 Å². The quantitative estimate of drug-likeness (QED) is 0.457. The lowest BCUT2D eigenvalue weighted by Crippen LogP contribution is -2.25. The van der Waals surface area contributed by atoms with Crippen LogP contribution in [0.25, 0.3) is 0 Å². The van der Waals surface area contributed by atoms with Crippen LogP contribution in [-0.2, 0) is 19.4 Å². The van der Waals surface area contributed by atoms with Crippen molar-refractivity contribution in [2.45, 2.75) is 32.7 Å². The second-order valence-electron chi connectivity index (χ2n) is 7.26. The summed E-state index contributed by atoms with van der Waals surface area (Å²) in [6, 6.07) is 6.74. The van der Waals surface area contributed by atoms with E-state index in [-0.39, 0.29) is 16.0 Å². The summed E-state index contributed by atoms with van der Waals surface area (Å²) in [5.74, 6) is -0.262. The van der Waals surface area contributed by atoms with Crippen LogP contribution in [0, 0.1) is 0 Å². The van der Waals surface area contributed by atoms with Gasteiger partial charge in [-0.2, -0.15) is 0 Å². The van der Waals surface area contributed by atoms with Crippen molar-refractivity contribution in [3.8, 4) is 5.75 Å². The Morgan fingerprint density at radius 1 is 1.19 bits per heavy atom. The van der Waals surface area contributed by atoms with E-state index in [0.717, 1.165) is 35.3 Å². The Kier molecular flexibility index (Phi) is 6.98. The molecule has 1 aliphatic rings. The molecular formula is C23H21Cl2N3O3S. The number of pyridine rings is 1. The van der Waals surface area contributed by atoms with Crippen molar-refractivity contribution >= 4 is 51.4 Å². The van der Waals surface area contributed by atoms with Gasteiger partial charge in [0.15, 0.2) is 5.75 Å². The number of rotatable bonds is 7. The smallest absolute Gasteiger partial charge is 0.256 e. The van der Waals surface area contributed by atoms with E-state index in [1.807, 2.05) is 19.1 Å². The summed E-state index contributed by atoms with van der Waals surface area (Å²) in [5, 5.41) is 6.88. The number of hydrogen-bond donors (Lipinski definition) is 2. The van der Waals surface area contributed by atoms with Gasteiger partial charge in [-0.15, -0.1) is 11.3 Å². The fourth-order valence-electron chi connectivity index (χ4n) is 3.65. The molecule has 0 bridgehead atoms. The average Bonchev–Trinajstić information content (AvgIpc) is 3.36. The van der Waals surface area contributed by atoms with Crippen molar-refractivity contribution in [3.05, 3.63) is 73.8 Å². The molecule has 0 aliphatic heterocycles. The lowest BCUT2D eigenvalue weighted by Gasteiger charge is -2.12. The van der Waals surface area contributed by atoms with Crippen molar-refractivity contribution in [2.75, 3.05) is 11.9 Å². The molecule has 9 heteroatoms. The van der Waals surface area contributed by atoms with Gasteiger partial charge in [-0.25, -0.2) is 0 Å². The van der Waals surface area contributed by atoms with Crippen molar-refractivity contribution in [2.24, 2.45) is 0 Å². The van der Waals surface area contributed by atoms with Crippen LogP contribution in [0.15, 0.2) is 36.7 Å². The van der Waals surface area contributed by atoms with Crippen molar-refractivity contribution in [1.82, 2.24) is 10.3 Å². The predicted molar refractivity (Wildman–Crippen MR) is 127 cm³/mol. The van der Waals surface area contributed by atoms with Crippen LogP contribution >= 0.6 is 34.5 Å². The summed E-state index contributed by atoms with van der Waals surface area (Å²) < 4.78 is 5.42. The summed E-state index contributed by atoms with van der Waals surface area (Å²) in [5.41, 5.74) is 2.73. The molecule has 0 atom stereocenters. The van der Waals surface area contributed by atoms with E-state index < -0.39 is 5.91 Å². The number of amides is 2. The molecular weight excluding hydrogens is 469 g/mol. The number of ether oxygens (including phenoxy) is 1. The van der Waals surface area contributed by atoms with E-state index in [0.29, 0.717) is 35.0 Å². The van der Waals surface area contributed by atoms with Crippen molar-refractivity contribution in [3.63, 3.8) is 0 Å². The van der Waals surface area contributed by atoms with Crippen LogP contribution in [0.1, 0.15) is 50.1 Å². The summed E-state index contributed by atoms with van der Waals surface area (Å²) in [6.07, 6.45) is 6.12. The minimum Gasteiger partial charge on any atom is -0.491 e. The first-order chi connectivity index (χ1) is 15.5. The first kappa shape index (κ1) is 22.6. The highest BCUT2D eigenvalue weighted by Crippen LogP contribution is 2.40. The number of anilines is 1. The zero-order valence-electron chi connectivity index (χ0n) is 17.3. The maximum Gasteiger partial charge on any atom is 0.256 e. The zero-order valence-corrected chi connectivity index (χ0v) is 19.7. The fourth-order valence-corrected chi connectivity index (χ4v) is 5.53. The summed E-state index contributed by atoms with van der Waals surface area (Å²) in [7, 11) is 0. The third kappa shape index (κ3) is 4.75. The number of benzene rings is 1. The molecule has 0 fully saturated rings. The second kappa shape index (κ2) is 9.90.